The zero-order valence-corrected chi connectivity index (χ0v) is 11.8. The first-order valence-corrected chi connectivity index (χ1v) is 6.21. The molecule has 0 unspecified atom stereocenters. The molecule has 0 N–H and O–H groups in total. The Kier molecular flexibility index (Phi) is 14.5. The topological polar surface area (TPSA) is 133 Å². The van der Waals surface area contributed by atoms with Crippen LogP contribution < -0.4 is 0 Å². The Morgan fingerprint density at radius 1 is 0.882 bits per heavy atom. The van der Waals surface area contributed by atoms with E-state index in [1.165, 1.54) is 12.2 Å². The minimum atomic E-state index is -4.51. The van der Waals surface area contributed by atoms with Crippen molar-refractivity contribution in [1.82, 2.24) is 0 Å². The second kappa shape index (κ2) is 11.1. The maximum absolute atomic E-state index is 9.56. The first kappa shape index (κ1) is 22.2. The van der Waals surface area contributed by atoms with E-state index in [0.717, 1.165) is 0 Å². The van der Waals surface area contributed by atoms with Crippen LogP contribution in [0.5, 0.6) is 0 Å². The average Bonchev–Trinajstić information content (AvgIpc) is 2.10. The van der Waals surface area contributed by atoms with Crippen LogP contribution in [0.25, 0.3) is 0 Å². The average molecular weight is 299 g/mol. The van der Waals surface area contributed by atoms with Crippen molar-refractivity contribution in [3.63, 3.8) is 0 Å². The molecule has 0 fully saturated rings. The largest absolute Gasteiger partial charge is 2.00 e. The molecule has 0 atom stereocenters. The van der Waals surface area contributed by atoms with Crippen molar-refractivity contribution in [1.29, 1.82) is 0 Å². The summed E-state index contributed by atoms with van der Waals surface area (Å²) in [5.41, 5.74) is 0. The van der Waals surface area contributed by atoms with Gasteiger partial charge in [0.25, 0.3) is 0 Å². The summed E-state index contributed by atoms with van der Waals surface area (Å²) >= 11 is 0. The van der Waals surface area contributed by atoms with Gasteiger partial charge in [-0.1, -0.05) is 12.2 Å². The fraction of sp³-hybridized carbons (Fsp3) is 0.333. The number of hydrogen-bond donors (Lipinski definition) is 0. The van der Waals surface area contributed by atoms with Crippen molar-refractivity contribution < 1.29 is 34.3 Å². The smallest absolute Gasteiger partial charge is 0.726 e. The molecule has 0 aromatic carbocycles. The molecule has 0 spiro atoms. The first-order chi connectivity index (χ1) is 7.12. The molecular weight excluding hydrogens is 288 g/mol. The van der Waals surface area contributed by atoms with Crippen molar-refractivity contribution in [2.75, 3.05) is 13.2 Å². The van der Waals surface area contributed by atoms with Crippen molar-refractivity contribution in [3.8, 4) is 0 Å². The first-order valence-electron chi connectivity index (χ1n) is 3.54. The quantitative estimate of drug-likeness (QED) is 0.261. The summed E-state index contributed by atoms with van der Waals surface area (Å²) in [7, 11) is -9.02. The van der Waals surface area contributed by atoms with Gasteiger partial charge >= 0.3 is 23.1 Å². The molecule has 0 aliphatic carbocycles. The maximum atomic E-state index is 9.56. The van der Waals surface area contributed by atoms with Crippen LogP contribution >= 0.6 is 0 Å². The van der Waals surface area contributed by atoms with E-state index in [0.29, 0.717) is 0 Å². The zero-order valence-electron chi connectivity index (χ0n) is 8.77. The Morgan fingerprint density at radius 3 is 1.18 bits per heavy atom. The van der Waals surface area contributed by atoms with Crippen LogP contribution in [0, 0.1) is 0 Å². The van der Waals surface area contributed by atoms with Crippen molar-refractivity contribution in [3.05, 3.63) is 25.3 Å². The maximum Gasteiger partial charge on any atom is 2.00 e. The van der Waals surface area contributed by atoms with Gasteiger partial charge in [0.1, 0.15) is 0 Å². The summed E-state index contributed by atoms with van der Waals surface area (Å²) < 4.78 is 64.7. The van der Waals surface area contributed by atoms with Gasteiger partial charge in [-0.15, -0.1) is 13.2 Å². The van der Waals surface area contributed by atoms with Crippen LogP contribution in [-0.4, -0.2) is 62.2 Å². The number of rotatable bonds is 6. The Bertz CT molecular complexity index is 358. The van der Waals surface area contributed by atoms with E-state index in [2.05, 4.69) is 21.5 Å². The third kappa shape index (κ3) is 31.4. The Balaban J connectivity index is -0.000000218. The molecule has 0 rings (SSSR count). The van der Waals surface area contributed by atoms with Gasteiger partial charge in [-0.2, -0.15) is 0 Å². The molecule has 0 saturated carbocycles. The predicted molar refractivity (Wildman–Crippen MR) is 57.4 cm³/mol. The Morgan fingerprint density at radius 2 is 1.12 bits per heavy atom. The Hall–Kier alpha value is -0.0138. The van der Waals surface area contributed by atoms with Crippen LogP contribution in [0.4, 0.5) is 0 Å². The van der Waals surface area contributed by atoms with Gasteiger partial charge in [0.15, 0.2) is 0 Å². The molecular formula is C6H10MgO8S2. The molecule has 0 aromatic rings. The summed E-state index contributed by atoms with van der Waals surface area (Å²) in [5.74, 6) is 0. The van der Waals surface area contributed by atoms with E-state index in [1.54, 1.807) is 0 Å². The normalized spacial score (nSPS) is 10.5. The van der Waals surface area contributed by atoms with Crippen LogP contribution in [0.3, 0.4) is 0 Å². The van der Waals surface area contributed by atoms with E-state index in [9.17, 15) is 25.9 Å². The summed E-state index contributed by atoms with van der Waals surface area (Å²) in [4.78, 5) is 0. The molecule has 8 nitrogen and oxygen atoms in total. The van der Waals surface area contributed by atoms with Crippen molar-refractivity contribution in [2.45, 2.75) is 0 Å². The third-order valence-electron chi connectivity index (χ3n) is 0.660. The molecule has 0 saturated heterocycles. The molecule has 0 bridgehead atoms. The van der Waals surface area contributed by atoms with Gasteiger partial charge in [-0.3, -0.25) is 8.37 Å². The third-order valence-corrected chi connectivity index (χ3v) is 1.51. The van der Waals surface area contributed by atoms with E-state index in [4.69, 9.17) is 0 Å². The minimum Gasteiger partial charge on any atom is -0.726 e. The van der Waals surface area contributed by atoms with Crippen molar-refractivity contribution in [2.24, 2.45) is 0 Å². The van der Waals surface area contributed by atoms with Crippen LogP contribution in [-0.2, 0) is 29.2 Å². The van der Waals surface area contributed by atoms with Crippen molar-refractivity contribution >= 4 is 43.9 Å². The van der Waals surface area contributed by atoms with Gasteiger partial charge in [0, 0.05) is 0 Å². The predicted octanol–water partition coefficient (Wildman–Crippen LogP) is -1.08. The summed E-state index contributed by atoms with van der Waals surface area (Å²) in [6.45, 7) is 5.75. The van der Waals surface area contributed by atoms with Gasteiger partial charge < -0.3 is 9.11 Å². The van der Waals surface area contributed by atoms with E-state index in [-0.39, 0.29) is 36.3 Å². The molecule has 0 aliphatic rings. The Labute approximate surface area is 116 Å². The minimum absolute atomic E-state index is 0. The van der Waals surface area contributed by atoms with Crippen LogP contribution in [0.15, 0.2) is 25.3 Å². The van der Waals surface area contributed by atoms with E-state index in [1.807, 2.05) is 0 Å². The zero-order chi connectivity index (χ0) is 13.2. The van der Waals surface area contributed by atoms with Gasteiger partial charge in [-0.25, -0.2) is 16.8 Å². The molecule has 17 heavy (non-hydrogen) atoms. The molecule has 0 aromatic heterocycles. The van der Waals surface area contributed by atoms with Crippen LogP contribution in [0.1, 0.15) is 0 Å². The van der Waals surface area contributed by atoms with E-state index < -0.39 is 20.8 Å². The molecule has 0 aliphatic heterocycles. The standard InChI is InChI=1S/2C3H6O4S.Mg/c2*1-2-3-7-8(4,5)6;/h2*2H,1,3H2,(H,4,5,6);/q;;+2/p-2. The fourth-order valence-corrected chi connectivity index (χ4v) is 0.789. The monoisotopic (exact) mass is 298 g/mol. The second-order valence-corrected chi connectivity index (χ2v) is 4.07. The van der Waals surface area contributed by atoms with Crippen LogP contribution in [0.2, 0.25) is 0 Å². The molecule has 0 heterocycles. The van der Waals surface area contributed by atoms with Gasteiger partial charge in [-0.05, 0) is 0 Å². The molecule has 0 radical (unpaired) electrons. The molecule has 11 heteroatoms. The second-order valence-electron chi connectivity index (χ2n) is 1.96. The summed E-state index contributed by atoms with van der Waals surface area (Å²) in [6.07, 6.45) is 2.35. The van der Waals surface area contributed by atoms with E-state index >= 15 is 0 Å². The fourth-order valence-electron chi connectivity index (χ4n) is 0.263. The SMILES string of the molecule is C=CCOS(=O)(=O)[O-].C=CCOS(=O)(=O)[O-].[Mg+2]. The van der Waals surface area contributed by atoms with Gasteiger partial charge in [0.05, 0.1) is 13.2 Å². The number of hydrogen-bond acceptors (Lipinski definition) is 8. The molecule has 0 amide bonds. The molecule has 96 valence electrons. The summed E-state index contributed by atoms with van der Waals surface area (Å²) in [6, 6.07) is 0. The van der Waals surface area contributed by atoms with Gasteiger partial charge in [0.2, 0.25) is 20.8 Å². The summed E-state index contributed by atoms with van der Waals surface area (Å²) in [5, 5.41) is 0.